The van der Waals surface area contributed by atoms with E-state index < -0.39 is 7.40 Å². The molecule has 0 saturated carbocycles. The summed E-state index contributed by atoms with van der Waals surface area (Å²) in [5.74, 6) is 0. The van der Waals surface area contributed by atoms with Crippen LogP contribution in [0.5, 0.6) is 0 Å². The van der Waals surface area contributed by atoms with E-state index in [0.717, 1.165) is 43.6 Å². The summed E-state index contributed by atoms with van der Waals surface area (Å²) < 4.78 is 30.6. The van der Waals surface area contributed by atoms with Crippen LogP contribution in [0, 0.1) is 6.92 Å². The van der Waals surface area contributed by atoms with Gasteiger partial charge in [0.25, 0.3) is 0 Å². The maximum atomic E-state index is 14.7. The van der Waals surface area contributed by atoms with Crippen molar-refractivity contribution in [2.24, 2.45) is 4.99 Å². The van der Waals surface area contributed by atoms with Crippen LogP contribution in [0.25, 0.3) is 34.2 Å². The molecule has 5 aromatic rings. The van der Waals surface area contributed by atoms with Crippen molar-refractivity contribution in [2.75, 3.05) is 0 Å². The van der Waals surface area contributed by atoms with Crippen molar-refractivity contribution in [3.63, 3.8) is 0 Å². The fourth-order valence-electron chi connectivity index (χ4n) is 4.90. The van der Waals surface area contributed by atoms with Gasteiger partial charge in [0.15, 0.2) is 0 Å². The Balaban J connectivity index is 1.60. The van der Waals surface area contributed by atoms with E-state index in [-0.39, 0.29) is 0 Å². The summed E-state index contributed by atoms with van der Waals surface area (Å²) in [7, 11) is -2.73. The molecule has 37 heavy (non-hydrogen) atoms. The second kappa shape index (κ2) is 9.51. The van der Waals surface area contributed by atoms with Gasteiger partial charge >= 0.3 is 7.40 Å². The number of aryl methyl sites for hydroxylation is 1. The normalized spacial score (nSPS) is 13.5. The molecule has 0 fully saturated rings. The summed E-state index contributed by atoms with van der Waals surface area (Å²) in [4.78, 5) is 4.99. The minimum atomic E-state index is -2.73. The summed E-state index contributed by atoms with van der Waals surface area (Å²) >= 11 is 0. The van der Waals surface area contributed by atoms with Crippen LogP contribution in [-0.2, 0) is 0 Å². The molecule has 0 N–H and O–H groups in total. The molecule has 2 nitrogen and oxygen atoms in total. The Bertz CT molecular complexity index is 1630. The standard InChI is InChI=1S/C32H23BF2N2/c1-22-16-18-25(19-17-22)32-27-15-9-8-14-26(27)29(36-32)21-31-28(23-10-4-2-5-11-23)20-30(37(31)33(34)35)24-12-6-3-7-13-24/h2-21H,1H3/b29-21-. The number of aromatic nitrogens is 1. The topological polar surface area (TPSA) is 17.3 Å². The average molecular weight is 484 g/mol. The fraction of sp³-hybridized carbons (Fsp3) is 0.0312. The molecule has 0 atom stereocenters. The molecule has 0 bridgehead atoms. The van der Waals surface area contributed by atoms with Crippen LogP contribution in [0.15, 0.2) is 120 Å². The van der Waals surface area contributed by atoms with E-state index in [2.05, 4.69) is 24.3 Å². The van der Waals surface area contributed by atoms with Gasteiger partial charge in [-0.3, -0.25) is 8.63 Å². The minimum absolute atomic E-state index is 0.429. The second-order valence-electron chi connectivity index (χ2n) is 9.11. The molecule has 2 heterocycles. The van der Waals surface area contributed by atoms with Gasteiger partial charge in [-0.05, 0) is 30.2 Å². The van der Waals surface area contributed by atoms with Crippen LogP contribution in [-0.4, -0.2) is 17.6 Å². The summed E-state index contributed by atoms with van der Waals surface area (Å²) in [6.07, 6.45) is 1.81. The first kappa shape index (κ1) is 22.9. The third kappa shape index (κ3) is 4.23. The minimum Gasteiger partial charge on any atom is -0.325 e. The molecule has 4 aromatic carbocycles. The van der Waals surface area contributed by atoms with Gasteiger partial charge in [-0.1, -0.05) is 115 Å². The van der Waals surface area contributed by atoms with E-state index in [1.54, 1.807) is 6.08 Å². The number of halogens is 2. The van der Waals surface area contributed by atoms with Crippen molar-refractivity contribution in [3.05, 3.63) is 143 Å². The van der Waals surface area contributed by atoms with Gasteiger partial charge in [0.1, 0.15) is 0 Å². The van der Waals surface area contributed by atoms with E-state index in [1.807, 2.05) is 97.9 Å². The zero-order valence-corrected chi connectivity index (χ0v) is 20.3. The molecule has 1 aliphatic rings. The number of fused-ring (bicyclic) bond motifs is 1. The third-order valence-corrected chi connectivity index (χ3v) is 6.71. The molecule has 1 aliphatic heterocycles. The lowest BCUT2D eigenvalue weighted by Crippen LogP contribution is -2.16. The van der Waals surface area contributed by atoms with Gasteiger partial charge < -0.3 is 4.48 Å². The van der Waals surface area contributed by atoms with Crippen molar-refractivity contribution in [3.8, 4) is 22.4 Å². The van der Waals surface area contributed by atoms with Crippen molar-refractivity contribution < 1.29 is 8.63 Å². The van der Waals surface area contributed by atoms with Gasteiger partial charge in [0, 0.05) is 33.6 Å². The maximum absolute atomic E-state index is 14.7. The summed E-state index contributed by atoms with van der Waals surface area (Å²) in [6.45, 7) is 2.05. The summed E-state index contributed by atoms with van der Waals surface area (Å²) in [6, 6.07) is 37.1. The lowest BCUT2D eigenvalue weighted by Gasteiger charge is -2.10. The highest BCUT2D eigenvalue weighted by Crippen LogP contribution is 2.38. The Morgan fingerprint density at radius 2 is 1.24 bits per heavy atom. The molecule has 0 aliphatic carbocycles. The third-order valence-electron chi connectivity index (χ3n) is 6.71. The zero-order chi connectivity index (χ0) is 25.4. The first-order valence-electron chi connectivity index (χ1n) is 12.2. The highest BCUT2D eigenvalue weighted by Gasteiger charge is 2.29. The van der Waals surface area contributed by atoms with Crippen LogP contribution < -0.4 is 0 Å². The molecule has 0 spiro atoms. The molecule has 0 amide bonds. The Morgan fingerprint density at radius 3 is 1.89 bits per heavy atom. The molecule has 0 unspecified atom stereocenters. The average Bonchev–Trinajstić information content (AvgIpc) is 3.50. The van der Waals surface area contributed by atoms with E-state index in [1.165, 1.54) is 5.56 Å². The first-order valence-corrected chi connectivity index (χ1v) is 12.2. The highest BCUT2D eigenvalue weighted by atomic mass is 19.2. The Hall–Kier alpha value is -4.51. The molecular formula is C32H23BF2N2. The number of hydrogen-bond donors (Lipinski definition) is 0. The van der Waals surface area contributed by atoms with Crippen molar-refractivity contribution in [1.29, 1.82) is 0 Å². The molecule has 0 saturated heterocycles. The van der Waals surface area contributed by atoms with E-state index in [4.69, 9.17) is 4.99 Å². The fourth-order valence-corrected chi connectivity index (χ4v) is 4.90. The highest BCUT2D eigenvalue weighted by molar-refractivity contribution is 6.42. The van der Waals surface area contributed by atoms with Crippen LogP contribution >= 0.6 is 0 Å². The van der Waals surface area contributed by atoms with E-state index in [0.29, 0.717) is 17.1 Å². The molecule has 6 rings (SSSR count). The Morgan fingerprint density at radius 1 is 0.649 bits per heavy atom. The quantitative estimate of drug-likeness (QED) is 0.224. The lowest BCUT2D eigenvalue weighted by atomic mass is 9.98. The summed E-state index contributed by atoms with van der Waals surface area (Å²) in [5.41, 5.74) is 8.86. The van der Waals surface area contributed by atoms with E-state index >= 15 is 0 Å². The molecule has 1 aromatic heterocycles. The second-order valence-corrected chi connectivity index (χ2v) is 9.11. The van der Waals surface area contributed by atoms with Crippen LogP contribution in [0.2, 0.25) is 0 Å². The predicted octanol–water partition coefficient (Wildman–Crippen LogP) is 8.25. The number of aliphatic imine (C=N–C) groups is 1. The first-order chi connectivity index (χ1) is 18.1. The molecule has 5 heteroatoms. The van der Waals surface area contributed by atoms with Gasteiger partial charge in [-0.15, -0.1) is 0 Å². The van der Waals surface area contributed by atoms with Gasteiger partial charge in [0.2, 0.25) is 0 Å². The SMILES string of the molecule is Cc1ccc(C2=N/C(=C\c3c(-c4ccccc4)cc(-c4ccccc4)n3B(F)F)c3ccccc32)cc1. The van der Waals surface area contributed by atoms with Crippen LogP contribution in [0.4, 0.5) is 8.63 Å². The van der Waals surface area contributed by atoms with Gasteiger partial charge in [-0.25, -0.2) is 4.99 Å². The number of hydrogen-bond acceptors (Lipinski definition) is 1. The van der Waals surface area contributed by atoms with Gasteiger partial charge in [0.05, 0.1) is 11.4 Å². The predicted molar refractivity (Wildman–Crippen MR) is 150 cm³/mol. The zero-order valence-electron chi connectivity index (χ0n) is 20.3. The maximum Gasteiger partial charge on any atom is 0.678 e. The molecule has 178 valence electrons. The van der Waals surface area contributed by atoms with Crippen molar-refractivity contribution >= 4 is 24.9 Å². The largest absolute Gasteiger partial charge is 0.678 e. The monoisotopic (exact) mass is 484 g/mol. The Labute approximate surface area is 215 Å². The number of benzene rings is 4. The van der Waals surface area contributed by atoms with Crippen LogP contribution in [0.1, 0.15) is 27.9 Å². The van der Waals surface area contributed by atoms with Crippen molar-refractivity contribution in [1.82, 2.24) is 4.48 Å². The molecule has 0 radical (unpaired) electrons. The van der Waals surface area contributed by atoms with Crippen molar-refractivity contribution in [2.45, 2.75) is 6.92 Å². The van der Waals surface area contributed by atoms with Crippen LogP contribution in [0.3, 0.4) is 0 Å². The lowest BCUT2D eigenvalue weighted by molar-refractivity contribution is 0.630. The summed E-state index contributed by atoms with van der Waals surface area (Å²) in [5, 5.41) is 0. The number of rotatable bonds is 5. The number of nitrogens with zero attached hydrogens (tertiary/aromatic N) is 2. The Kier molecular flexibility index (Phi) is 5.89. The van der Waals surface area contributed by atoms with Gasteiger partial charge in [-0.2, -0.15) is 0 Å². The van der Waals surface area contributed by atoms with E-state index in [9.17, 15) is 8.63 Å². The molecular weight excluding hydrogens is 461 g/mol. The smallest absolute Gasteiger partial charge is 0.325 e.